The van der Waals surface area contributed by atoms with Crippen LogP contribution in [-0.4, -0.2) is 23.4 Å². The first-order valence-electron chi connectivity index (χ1n) is 8.18. The van der Waals surface area contributed by atoms with Crippen LogP contribution < -0.4 is 4.74 Å². The zero-order chi connectivity index (χ0) is 20.3. The van der Waals surface area contributed by atoms with Crippen LogP contribution in [0.1, 0.15) is 18.1 Å². The highest BCUT2D eigenvalue weighted by molar-refractivity contribution is 6.32. The molecule has 28 heavy (non-hydrogen) atoms. The van der Waals surface area contributed by atoms with Crippen LogP contribution in [0.4, 0.5) is 5.69 Å². The molecule has 2 aromatic rings. The molecule has 0 aliphatic carbocycles. The molecule has 0 aromatic heterocycles. The molecule has 0 spiro atoms. The van der Waals surface area contributed by atoms with Gasteiger partial charge in [-0.2, -0.15) is 0 Å². The average Bonchev–Trinajstić information content (AvgIpc) is 3.01. The van der Waals surface area contributed by atoms with E-state index in [2.05, 4.69) is 11.6 Å². The summed E-state index contributed by atoms with van der Waals surface area (Å²) < 4.78 is 10.8. The average molecular weight is 399 g/mol. The number of para-hydroxylation sites is 1. The molecule has 0 bridgehead atoms. The zero-order valence-corrected chi connectivity index (χ0v) is 15.6. The van der Waals surface area contributed by atoms with E-state index in [1.165, 1.54) is 24.3 Å². The van der Waals surface area contributed by atoms with Crippen LogP contribution in [0.2, 0.25) is 5.02 Å². The number of carbonyl (C=O) groups is 1. The smallest absolute Gasteiger partial charge is 0.363 e. The molecule has 1 aliphatic heterocycles. The van der Waals surface area contributed by atoms with Gasteiger partial charge in [-0.05, 0) is 36.8 Å². The number of esters is 1. The van der Waals surface area contributed by atoms with Crippen molar-refractivity contribution in [2.45, 2.75) is 6.92 Å². The fourth-order valence-electron chi connectivity index (χ4n) is 2.40. The number of halogens is 1. The van der Waals surface area contributed by atoms with Gasteiger partial charge in [0.1, 0.15) is 17.4 Å². The van der Waals surface area contributed by atoms with E-state index in [0.717, 1.165) is 5.57 Å². The number of nitrogens with zero attached hydrogens (tertiary/aromatic N) is 2. The van der Waals surface area contributed by atoms with Crippen LogP contribution in [-0.2, 0) is 9.53 Å². The van der Waals surface area contributed by atoms with E-state index in [9.17, 15) is 14.9 Å². The molecule has 1 aliphatic rings. The van der Waals surface area contributed by atoms with Crippen LogP contribution in [0.3, 0.4) is 0 Å². The van der Waals surface area contributed by atoms with Gasteiger partial charge in [-0.3, -0.25) is 10.1 Å². The number of benzene rings is 2. The molecule has 2 aromatic carbocycles. The minimum Gasteiger partial charge on any atom is -0.489 e. The highest BCUT2D eigenvalue weighted by Crippen LogP contribution is 2.28. The molecule has 0 radical (unpaired) electrons. The van der Waals surface area contributed by atoms with Gasteiger partial charge >= 0.3 is 5.97 Å². The van der Waals surface area contributed by atoms with E-state index in [1.807, 2.05) is 13.0 Å². The number of aliphatic imine (C=N–C) groups is 1. The zero-order valence-electron chi connectivity index (χ0n) is 14.8. The van der Waals surface area contributed by atoms with Gasteiger partial charge in [0.2, 0.25) is 5.90 Å². The molecule has 8 heteroatoms. The minimum absolute atomic E-state index is 0.0157. The lowest BCUT2D eigenvalue weighted by atomic mass is 10.1. The van der Waals surface area contributed by atoms with Crippen LogP contribution in [0.15, 0.2) is 65.3 Å². The molecule has 0 saturated heterocycles. The third-order valence-electron chi connectivity index (χ3n) is 3.70. The first kappa shape index (κ1) is 19.3. The second-order valence-electron chi connectivity index (χ2n) is 6.04. The van der Waals surface area contributed by atoms with Gasteiger partial charge in [0.05, 0.1) is 4.92 Å². The molecular formula is C20H15ClN2O5. The standard InChI is InChI=1S/C20H15ClN2O5/c1-12(2)11-27-18-6-4-3-5-13(18)9-16-20(24)28-19(22-16)14-7-8-15(21)17(10-14)23(25)26/h3-10H,1,11H2,2H3/b16-9-. The lowest BCUT2D eigenvalue weighted by Crippen LogP contribution is -2.06. The summed E-state index contributed by atoms with van der Waals surface area (Å²) in [5, 5.41) is 11.0. The third kappa shape index (κ3) is 4.27. The van der Waals surface area contributed by atoms with Crippen molar-refractivity contribution in [3.05, 3.63) is 86.6 Å². The molecule has 0 atom stereocenters. The number of hydrogen-bond donors (Lipinski definition) is 0. The van der Waals surface area contributed by atoms with Crippen molar-refractivity contribution < 1.29 is 19.2 Å². The SMILES string of the molecule is C=C(C)COc1ccccc1/C=C1\N=C(c2ccc(Cl)c([N+](=O)[O-])c2)OC1=O. The summed E-state index contributed by atoms with van der Waals surface area (Å²) in [6.45, 7) is 5.98. The van der Waals surface area contributed by atoms with E-state index in [1.54, 1.807) is 18.2 Å². The monoisotopic (exact) mass is 398 g/mol. The van der Waals surface area contributed by atoms with Crippen LogP contribution in [0.25, 0.3) is 6.08 Å². The predicted molar refractivity (Wildman–Crippen MR) is 105 cm³/mol. The molecule has 0 N–H and O–H groups in total. The van der Waals surface area contributed by atoms with Crippen molar-refractivity contribution in [3.8, 4) is 5.75 Å². The normalized spacial score (nSPS) is 14.6. The maximum atomic E-state index is 12.2. The van der Waals surface area contributed by atoms with Crippen molar-refractivity contribution in [2.75, 3.05) is 6.61 Å². The van der Waals surface area contributed by atoms with E-state index >= 15 is 0 Å². The second kappa shape index (κ2) is 8.06. The molecule has 0 unspecified atom stereocenters. The van der Waals surface area contributed by atoms with Crippen molar-refractivity contribution in [1.82, 2.24) is 0 Å². The van der Waals surface area contributed by atoms with Crippen LogP contribution in [0.5, 0.6) is 5.75 Å². The molecular weight excluding hydrogens is 384 g/mol. The third-order valence-corrected chi connectivity index (χ3v) is 4.02. The Labute approximate surface area is 165 Å². The van der Waals surface area contributed by atoms with Gasteiger partial charge in [0, 0.05) is 17.2 Å². The lowest BCUT2D eigenvalue weighted by molar-refractivity contribution is -0.384. The largest absolute Gasteiger partial charge is 0.489 e. The first-order valence-corrected chi connectivity index (χ1v) is 8.56. The molecule has 0 amide bonds. The van der Waals surface area contributed by atoms with Gasteiger partial charge < -0.3 is 9.47 Å². The van der Waals surface area contributed by atoms with E-state index in [-0.39, 0.29) is 27.9 Å². The topological polar surface area (TPSA) is 91.0 Å². The number of carbonyl (C=O) groups excluding carboxylic acids is 1. The van der Waals surface area contributed by atoms with Gasteiger partial charge in [-0.15, -0.1) is 0 Å². The Kier molecular flexibility index (Phi) is 5.56. The van der Waals surface area contributed by atoms with Gasteiger partial charge in [0.25, 0.3) is 5.69 Å². The molecule has 3 rings (SSSR count). The number of rotatable bonds is 6. The molecule has 142 valence electrons. The summed E-state index contributed by atoms with van der Waals surface area (Å²) in [7, 11) is 0. The number of hydrogen-bond acceptors (Lipinski definition) is 6. The summed E-state index contributed by atoms with van der Waals surface area (Å²) in [5.41, 5.74) is 1.53. The predicted octanol–water partition coefficient (Wildman–Crippen LogP) is 4.55. The van der Waals surface area contributed by atoms with Crippen LogP contribution in [0, 0.1) is 10.1 Å². The van der Waals surface area contributed by atoms with Crippen molar-refractivity contribution in [1.29, 1.82) is 0 Å². The van der Waals surface area contributed by atoms with Crippen molar-refractivity contribution in [2.24, 2.45) is 4.99 Å². The molecule has 1 heterocycles. The number of ether oxygens (including phenoxy) is 2. The van der Waals surface area contributed by atoms with E-state index < -0.39 is 10.9 Å². The fraction of sp³-hybridized carbons (Fsp3) is 0.100. The van der Waals surface area contributed by atoms with Crippen molar-refractivity contribution in [3.63, 3.8) is 0 Å². The minimum atomic E-state index is -0.665. The molecule has 0 fully saturated rings. The Hall–Kier alpha value is -3.45. The van der Waals surface area contributed by atoms with E-state index in [4.69, 9.17) is 21.1 Å². The summed E-state index contributed by atoms with van der Waals surface area (Å²) >= 11 is 5.81. The molecule has 0 saturated carbocycles. The molecule has 7 nitrogen and oxygen atoms in total. The maximum absolute atomic E-state index is 12.2. The Morgan fingerprint density at radius 2 is 2.11 bits per heavy atom. The number of nitro benzene ring substituents is 1. The summed E-state index contributed by atoms with van der Waals surface area (Å²) in [6.07, 6.45) is 1.54. The Morgan fingerprint density at radius 3 is 2.82 bits per heavy atom. The Balaban J connectivity index is 1.94. The fourth-order valence-corrected chi connectivity index (χ4v) is 2.58. The van der Waals surface area contributed by atoms with Gasteiger partial charge in [0.15, 0.2) is 5.70 Å². The Bertz CT molecular complexity index is 1040. The quantitative estimate of drug-likeness (QED) is 0.234. The van der Waals surface area contributed by atoms with Gasteiger partial charge in [-0.1, -0.05) is 36.4 Å². The Morgan fingerprint density at radius 1 is 1.36 bits per heavy atom. The summed E-state index contributed by atoms with van der Waals surface area (Å²) in [4.78, 5) is 26.8. The number of cyclic esters (lactones) is 1. The van der Waals surface area contributed by atoms with Gasteiger partial charge in [-0.25, -0.2) is 9.79 Å². The number of nitro groups is 1. The highest BCUT2D eigenvalue weighted by atomic mass is 35.5. The first-order chi connectivity index (χ1) is 13.3. The highest BCUT2D eigenvalue weighted by Gasteiger charge is 2.26. The summed E-state index contributed by atoms with van der Waals surface area (Å²) in [5.74, 6) is -0.129. The van der Waals surface area contributed by atoms with Crippen LogP contribution >= 0.6 is 11.6 Å². The summed E-state index contributed by atoms with van der Waals surface area (Å²) in [6, 6.07) is 11.2. The second-order valence-corrected chi connectivity index (χ2v) is 6.45. The van der Waals surface area contributed by atoms with E-state index in [0.29, 0.717) is 17.9 Å². The van der Waals surface area contributed by atoms with Crippen molar-refractivity contribution >= 4 is 35.2 Å². The maximum Gasteiger partial charge on any atom is 0.363 e. The lowest BCUT2D eigenvalue weighted by Gasteiger charge is -2.08.